The first kappa shape index (κ1) is 30.3. The molecule has 0 aromatic heterocycles. The lowest BCUT2D eigenvalue weighted by Gasteiger charge is -2.23. The minimum absolute atomic E-state index is 0.0649. The number of carbonyl (C=O) groups excluding carboxylic acids is 4. The van der Waals surface area contributed by atoms with Crippen LogP contribution in [0.4, 0.5) is 0 Å². The summed E-state index contributed by atoms with van der Waals surface area (Å²) in [4.78, 5) is 61.2. The van der Waals surface area contributed by atoms with Crippen LogP contribution in [0.25, 0.3) is 0 Å². The van der Waals surface area contributed by atoms with Gasteiger partial charge in [-0.15, -0.1) is 0 Å². The van der Waals surface area contributed by atoms with E-state index in [9.17, 15) is 19.2 Å². The molecule has 1 amide bonds. The molecule has 0 aliphatic heterocycles. The summed E-state index contributed by atoms with van der Waals surface area (Å²) in [7, 11) is 0. The van der Waals surface area contributed by atoms with Gasteiger partial charge in [0.05, 0.1) is 5.56 Å². The van der Waals surface area contributed by atoms with Crippen molar-refractivity contribution in [3.05, 3.63) is 118 Å². The van der Waals surface area contributed by atoms with Gasteiger partial charge < -0.3 is 4.84 Å². The molecule has 218 valence electrons. The summed E-state index contributed by atoms with van der Waals surface area (Å²) >= 11 is 2.85. The monoisotopic (exact) mass is 609 g/mol. The van der Waals surface area contributed by atoms with Crippen LogP contribution in [0.3, 0.4) is 0 Å². The van der Waals surface area contributed by atoms with Crippen molar-refractivity contribution in [2.24, 2.45) is 0 Å². The summed E-state index contributed by atoms with van der Waals surface area (Å²) in [6.45, 7) is 6.05. The average molecular weight is 610 g/mol. The van der Waals surface area contributed by atoms with Crippen LogP contribution in [0, 0.1) is 13.8 Å². The van der Waals surface area contributed by atoms with E-state index in [4.69, 9.17) is 4.84 Å². The molecular weight excluding hydrogens is 579 g/mol. The van der Waals surface area contributed by atoms with Crippen molar-refractivity contribution < 1.29 is 24.0 Å². The first-order valence-electron chi connectivity index (χ1n) is 14.1. The topological polar surface area (TPSA) is 89.5 Å². The number of unbranched alkanes of at least 4 members (excludes halogenated alkanes) is 2. The Labute approximate surface area is 259 Å². The SMILES string of the molecule is CCCCCC(=O)NOC(=O)c1ccc2c(c1)C(=O)c1c(Sc3ccc(C)cc3)ccc(Sc3ccc(C)cc3)c1C2=O. The van der Waals surface area contributed by atoms with Gasteiger partial charge >= 0.3 is 5.97 Å². The molecule has 0 unspecified atom stereocenters. The van der Waals surface area contributed by atoms with Crippen LogP contribution in [0.1, 0.15) is 85.9 Å². The number of hydroxylamine groups is 1. The van der Waals surface area contributed by atoms with E-state index in [2.05, 4.69) is 5.48 Å². The van der Waals surface area contributed by atoms with E-state index in [0.717, 1.165) is 33.8 Å². The van der Waals surface area contributed by atoms with Gasteiger partial charge in [-0.25, -0.2) is 4.79 Å². The van der Waals surface area contributed by atoms with E-state index >= 15 is 0 Å². The first-order chi connectivity index (χ1) is 20.7. The third-order valence-electron chi connectivity index (χ3n) is 7.09. The normalized spacial score (nSPS) is 12.0. The molecule has 0 radical (unpaired) electrons. The van der Waals surface area contributed by atoms with Crippen LogP contribution < -0.4 is 5.48 Å². The Morgan fingerprint density at radius 2 is 1.23 bits per heavy atom. The van der Waals surface area contributed by atoms with E-state index in [-0.39, 0.29) is 34.7 Å². The van der Waals surface area contributed by atoms with Gasteiger partial charge in [0.1, 0.15) is 0 Å². The molecule has 5 rings (SSSR count). The number of rotatable bonds is 9. The molecule has 1 aliphatic rings. The minimum atomic E-state index is -0.810. The van der Waals surface area contributed by atoms with Gasteiger partial charge in [0.15, 0.2) is 11.6 Å². The van der Waals surface area contributed by atoms with Crippen LogP contribution in [-0.4, -0.2) is 23.4 Å². The molecule has 1 aliphatic carbocycles. The molecule has 0 atom stereocenters. The number of aryl methyl sites for hydroxylation is 2. The number of hydrogen-bond acceptors (Lipinski definition) is 7. The third-order valence-corrected chi connectivity index (χ3v) is 9.23. The van der Waals surface area contributed by atoms with Crippen LogP contribution in [-0.2, 0) is 9.63 Å². The number of fused-ring (bicyclic) bond motifs is 2. The minimum Gasteiger partial charge on any atom is -0.335 e. The predicted octanol–water partition coefficient (Wildman–Crippen LogP) is 8.15. The maximum Gasteiger partial charge on any atom is 0.362 e. The van der Waals surface area contributed by atoms with Crippen molar-refractivity contribution >= 4 is 47.0 Å². The highest BCUT2D eigenvalue weighted by Crippen LogP contribution is 2.43. The number of nitrogens with one attached hydrogen (secondary N) is 1. The van der Waals surface area contributed by atoms with Crippen molar-refractivity contribution in [3.8, 4) is 0 Å². The highest BCUT2D eigenvalue weighted by atomic mass is 32.2. The van der Waals surface area contributed by atoms with Crippen molar-refractivity contribution in [2.75, 3.05) is 0 Å². The smallest absolute Gasteiger partial charge is 0.335 e. The van der Waals surface area contributed by atoms with E-state index in [0.29, 0.717) is 27.3 Å². The largest absolute Gasteiger partial charge is 0.362 e. The van der Waals surface area contributed by atoms with Gasteiger partial charge in [-0.2, -0.15) is 5.48 Å². The fourth-order valence-electron chi connectivity index (χ4n) is 4.73. The Morgan fingerprint density at radius 1 is 0.698 bits per heavy atom. The summed E-state index contributed by atoms with van der Waals surface area (Å²) in [5.41, 5.74) is 5.52. The van der Waals surface area contributed by atoms with E-state index in [1.807, 2.05) is 81.4 Å². The zero-order valence-corrected chi connectivity index (χ0v) is 25.8. The Balaban J connectivity index is 1.49. The molecule has 0 bridgehead atoms. The summed E-state index contributed by atoms with van der Waals surface area (Å²) in [6.07, 6.45) is 2.82. The predicted molar refractivity (Wildman–Crippen MR) is 168 cm³/mol. The Bertz CT molecular complexity index is 1710. The van der Waals surface area contributed by atoms with E-state index in [1.54, 1.807) is 0 Å². The Kier molecular flexibility index (Phi) is 9.48. The van der Waals surface area contributed by atoms with Gasteiger partial charge in [-0.1, -0.05) is 78.7 Å². The summed E-state index contributed by atoms with van der Waals surface area (Å²) in [5, 5.41) is 0. The van der Waals surface area contributed by atoms with Crippen molar-refractivity contribution in [1.82, 2.24) is 5.48 Å². The number of carbonyl (C=O) groups is 4. The molecule has 8 heteroatoms. The molecule has 4 aromatic carbocycles. The molecule has 0 saturated heterocycles. The maximum absolute atomic E-state index is 14.2. The molecule has 0 spiro atoms. The molecule has 0 fully saturated rings. The molecule has 6 nitrogen and oxygen atoms in total. The van der Waals surface area contributed by atoms with Crippen LogP contribution in [0.15, 0.2) is 98.4 Å². The summed E-state index contributed by atoms with van der Waals surface area (Å²) < 4.78 is 0. The molecule has 1 N–H and O–H groups in total. The van der Waals surface area contributed by atoms with Crippen molar-refractivity contribution in [1.29, 1.82) is 0 Å². The second-order valence-corrected chi connectivity index (χ2v) is 12.7. The fraction of sp³-hybridized carbons (Fsp3) is 0.200. The standard InChI is InChI=1S/C35H31NO5S2/c1-4-5-6-7-30(37)36-41-35(40)23-12-17-26-27(20-23)34(39)32-29(43-25-15-10-22(3)11-16-25)19-18-28(31(32)33(26)38)42-24-13-8-21(2)9-14-24/h8-20H,4-7H2,1-3H3,(H,36,37). The Hall–Kier alpha value is -4.14. The lowest BCUT2D eigenvalue weighted by molar-refractivity contribution is -0.130. The number of ketones is 2. The summed E-state index contributed by atoms with van der Waals surface area (Å²) in [5.74, 6) is -1.83. The van der Waals surface area contributed by atoms with Gasteiger partial charge in [0.25, 0.3) is 5.91 Å². The van der Waals surface area contributed by atoms with E-state index < -0.39 is 11.9 Å². The quantitative estimate of drug-likeness (QED) is 0.133. The van der Waals surface area contributed by atoms with Crippen LogP contribution in [0.5, 0.6) is 0 Å². The molecule has 43 heavy (non-hydrogen) atoms. The second-order valence-electron chi connectivity index (χ2n) is 10.4. The maximum atomic E-state index is 14.2. The number of benzene rings is 4. The van der Waals surface area contributed by atoms with Crippen molar-refractivity contribution in [3.63, 3.8) is 0 Å². The zero-order valence-electron chi connectivity index (χ0n) is 24.2. The number of hydrogen-bond donors (Lipinski definition) is 1. The molecule has 4 aromatic rings. The molecule has 0 heterocycles. The third kappa shape index (κ3) is 6.92. The van der Waals surface area contributed by atoms with E-state index in [1.165, 1.54) is 41.7 Å². The summed E-state index contributed by atoms with van der Waals surface area (Å²) in [6, 6.07) is 24.0. The first-order valence-corrected chi connectivity index (χ1v) is 15.8. The lowest BCUT2D eigenvalue weighted by atomic mass is 9.83. The highest BCUT2D eigenvalue weighted by molar-refractivity contribution is 8.00. The van der Waals surface area contributed by atoms with Gasteiger partial charge in [-0.05, 0) is 74.9 Å². The van der Waals surface area contributed by atoms with Gasteiger partial charge in [0, 0.05) is 48.3 Å². The lowest BCUT2D eigenvalue weighted by Crippen LogP contribution is -2.27. The Morgan fingerprint density at radius 3 is 1.77 bits per heavy atom. The fourth-order valence-corrected chi connectivity index (χ4v) is 6.65. The average Bonchev–Trinajstić information content (AvgIpc) is 3.01. The molecule has 0 saturated carbocycles. The van der Waals surface area contributed by atoms with Crippen molar-refractivity contribution in [2.45, 2.75) is 66.0 Å². The number of amides is 1. The van der Waals surface area contributed by atoms with Gasteiger partial charge in [0.2, 0.25) is 0 Å². The highest BCUT2D eigenvalue weighted by Gasteiger charge is 2.35. The zero-order chi connectivity index (χ0) is 30.5. The molecular formula is C35H31NO5S2. The van der Waals surface area contributed by atoms with Crippen LogP contribution >= 0.6 is 23.5 Å². The van der Waals surface area contributed by atoms with Crippen LogP contribution in [0.2, 0.25) is 0 Å². The van der Waals surface area contributed by atoms with Gasteiger partial charge in [-0.3, -0.25) is 14.4 Å². The second kappa shape index (κ2) is 13.4.